The van der Waals surface area contributed by atoms with Gasteiger partial charge in [-0.15, -0.1) is 0 Å². The molecule has 2 heterocycles. The quantitative estimate of drug-likeness (QED) is 0.180. The molecule has 0 fully saturated rings. The highest BCUT2D eigenvalue weighted by molar-refractivity contribution is 6.11. The Morgan fingerprint density at radius 3 is 1.56 bits per heavy atom. The molecule has 1 aliphatic rings. The molecule has 0 bridgehead atoms. The molecule has 3 heteroatoms. The number of benzene rings is 7. The molecule has 0 amide bonds. The number of nitrogens with zero attached hydrogens (tertiary/aromatic N) is 3. The fourth-order valence-corrected chi connectivity index (χ4v) is 8.10. The lowest BCUT2D eigenvalue weighted by molar-refractivity contribution is 1.05. The molecule has 10 rings (SSSR count). The first-order chi connectivity index (χ1) is 25.7. The number of nitriles is 1. The van der Waals surface area contributed by atoms with Crippen LogP contribution in [0.1, 0.15) is 24.0 Å². The highest BCUT2D eigenvalue weighted by Gasteiger charge is 2.16. The third kappa shape index (κ3) is 4.88. The Kier molecular flexibility index (Phi) is 7.01. The molecule has 1 aliphatic carbocycles. The van der Waals surface area contributed by atoms with E-state index in [-0.39, 0.29) is 0 Å². The fourth-order valence-electron chi connectivity index (χ4n) is 8.10. The molecule has 0 saturated carbocycles. The van der Waals surface area contributed by atoms with E-state index < -0.39 is 0 Å². The average Bonchev–Trinajstić information content (AvgIpc) is 3.73. The van der Waals surface area contributed by atoms with Crippen LogP contribution in [0, 0.1) is 11.3 Å². The largest absolute Gasteiger partial charge is 0.309 e. The highest BCUT2D eigenvalue weighted by atomic mass is 15.0. The summed E-state index contributed by atoms with van der Waals surface area (Å²) in [6.07, 6.45) is 8.85. The van der Waals surface area contributed by atoms with E-state index in [0.717, 1.165) is 29.6 Å². The van der Waals surface area contributed by atoms with Crippen LogP contribution in [-0.2, 0) is 0 Å². The number of para-hydroxylation sites is 2. The van der Waals surface area contributed by atoms with Gasteiger partial charge in [-0.3, -0.25) is 0 Å². The number of allylic oxidation sites excluding steroid dienone is 4. The van der Waals surface area contributed by atoms with Gasteiger partial charge in [-0.25, -0.2) is 0 Å². The van der Waals surface area contributed by atoms with Crippen molar-refractivity contribution in [1.29, 1.82) is 5.26 Å². The van der Waals surface area contributed by atoms with Crippen LogP contribution in [0.5, 0.6) is 0 Å². The van der Waals surface area contributed by atoms with Crippen LogP contribution >= 0.6 is 0 Å². The van der Waals surface area contributed by atoms with Crippen LogP contribution in [0.15, 0.2) is 176 Å². The van der Waals surface area contributed by atoms with E-state index in [9.17, 15) is 5.26 Å². The lowest BCUT2D eigenvalue weighted by atomic mass is 9.97. The molecule has 244 valence electrons. The summed E-state index contributed by atoms with van der Waals surface area (Å²) in [6.45, 7) is 0. The van der Waals surface area contributed by atoms with E-state index in [4.69, 9.17) is 0 Å². The maximum absolute atomic E-state index is 9.55. The molecule has 3 nitrogen and oxygen atoms in total. The van der Waals surface area contributed by atoms with Crippen LogP contribution in [0.2, 0.25) is 0 Å². The lowest BCUT2D eigenvalue weighted by Crippen LogP contribution is -1.95. The second-order valence-electron chi connectivity index (χ2n) is 13.6. The van der Waals surface area contributed by atoms with Crippen molar-refractivity contribution in [2.45, 2.75) is 12.8 Å². The standard InChI is InChI=1S/C49H33N3/c50-32-33-9-8-12-41(29-33)52-47-16-7-5-14-43(47)45-31-39(24-28-49(45)52)37-19-17-36(18-20-37)38-23-27-48-44(30-38)42-13-4-6-15-46(42)51(48)40-25-21-35(22-26-40)34-10-2-1-3-11-34/h1-2,4-10,12-31H,3,11H2. The van der Waals surface area contributed by atoms with Gasteiger partial charge in [0, 0.05) is 32.9 Å². The van der Waals surface area contributed by atoms with Crippen LogP contribution < -0.4 is 0 Å². The topological polar surface area (TPSA) is 33.6 Å². The van der Waals surface area contributed by atoms with Crippen LogP contribution in [0.4, 0.5) is 0 Å². The third-order valence-electron chi connectivity index (χ3n) is 10.6. The van der Waals surface area contributed by atoms with Crippen LogP contribution in [0.25, 0.3) is 82.8 Å². The molecule has 0 radical (unpaired) electrons. The second-order valence-corrected chi connectivity index (χ2v) is 13.6. The predicted molar refractivity (Wildman–Crippen MR) is 217 cm³/mol. The Labute approximate surface area is 302 Å². The Morgan fingerprint density at radius 2 is 0.981 bits per heavy atom. The van der Waals surface area contributed by atoms with E-state index >= 15 is 0 Å². The van der Waals surface area contributed by atoms with E-state index in [2.05, 4.69) is 173 Å². The van der Waals surface area contributed by atoms with Gasteiger partial charge >= 0.3 is 0 Å². The molecule has 2 aromatic heterocycles. The maximum Gasteiger partial charge on any atom is 0.0992 e. The summed E-state index contributed by atoms with van der Waals surface area (Å²) in [6, 6.07) is 58.9. The molecule has 0 saturated heterocycles. The van der Waals surface area contributed by atoms with Crippen molar-refractivity contribution in [3.8, 4) is 39.7 Å². The summed E-state index contributed by atoms with van der Waals surface area (Å²) in [5, 5.41) is 14.5. The average molecular weight is 664 g/mol. The van der Waals surface area contributed by atoms with Gasteiger partial charge in [-0.1, -0.05) is 109 Å². The molecular weight excluding hydrogens is 631 g/mol. The minimum absolute atomic E-state index is 0.654. The van der Waals surface area contributed by atoms with Crippen LogP contribution in [0.3, 0.4) is 0 Å². The van der Waals surface area contributed by atoms with Crippen LogP contribution in [-0.4, -0.2) is 9.13 Å². The summed E-state index contributed by atoms with van der Waals surface area (Å²) in [5.41, 5.74) is 14.9. The minimum atomic E-state index is 0.654. The molecule has 0 atom stereocenters. The van der Waals surface area contributed by atoms with Crippen molar-refractivity contribution in [2.24, 2.45) is 0 Å². The molecule has 0 spiro atoms. The summed E-state index contributed by atoms with van der Waals surface area (Å²) >= 11 is 0. The Hall–Kier alpha value is -6.89. The highest BCUT2D eigenvalue weighted by Crippen LogP contribution is 2.38. The van der Waals surface area contributed by atoms with Gasteiger partial charge in [0.15, 0.2) is 0 Å². The number of fused-ring (bicyclic) bond motifs is 6. The zero-order valence-electron chi connectivity index (χ0n) is 28.5. The van der Waals surface area contributed by atoms with E-state index in [0.29, 0.717) is 5.56 Å². The Balaban J connectivity index is 1.01. The van der Waals surface area contributed by atoms with Gasteiger partial charge in [0.1, 0.15) is 0 Å². The summed E-state index contributed by atoms with van der Waals surface area (Å²) in [7, 11) is 0. The number of hydrogen-bond donors (Lipinski definition) is 0. The van der Waals surface area contributed by atoms with Gasteiger partial charge in [-0.05, 0) is 113 Å². The van der Waals surface area contributed by atoms with Crippen molar-refractivity contribution >= 4 is 49.2 Å². The van der Waals surface area contributed by atoms with E-state index in [1.165, 1.54) is 71.7 Å². The summed E-state index contributed by atoms with van der Waals surface area (Å²) in [4.78, 5) is 0. The monoisotopic (exact) mass is 663 g/mol. The van der Waals surface area contributed by atoms with Gasteiger partial charge in [-0.2, -0.15) is 5.26 Å². The summed E-state index contributed by atoms with van der Waals surface area (Å²) < 4.78 is 4.65. The number of rotatable bonds is 5. The molecule has 0 N–H and O–H groups in total. The molecular formula is C49H33N3. The molecule has 0 aliphatic heterocycles. The Morgan fingerprint density at radius 1 is 0.442 bits per heavy atom. The second kappa shape index (κ2) is 12.2. The first-order valence-electron chi connectivity index (χ1n) is 17.9. The van der Waals surface area contributed by atoms with E-state index in [1.54, 1.807) is 0 Å². The zero-order valence-corrected chi connectivity index (χ0v) is 28.5. The van der Waals surface area contributed by atoms with E-state index in [1.807, 2.05) is 18.2 Å². The van der Waals surface area contributed by atoms with Gasteiger partial charge < -0.3 is 9.13 Å². The molecule has 7 aromatic carbocycles. The minimum Gasteiger partial charge on any atom is -0.309 e. The predicted octanol–water partition coefficient (Wildman–Crippen LogP) is 12.8. The van der Waals surface area contributed by atoms with Crippen molar-refractivity contribution in [3.05, 3.63) is 187 Å². The Bertz CT molecular complexity index is 2940. The smallest absolute Gasteiger partial charge is 0.0992 e. The van der Waals surface area contributed by atoms with Crippen molar-refractivity contribution < 1.29 is 0 Å². The third-order valence-corrected chi connectivity index (χ3v) is 10.6. The number of hydrogen-bond acceptors (Lipinski definition) is 1. The first-order valence-corrected chi connectivity index (χ1v) is 17.9. The first kappa shape index (κ1) is 30.0. The van der Waals surface area contributed by atoms with Gasteiger partial charge in [0.05, 0.1) is 33.7 Å². The lowest BCUT2D eigenvalue weighted by Gasteiger charge is -2.12. The maximum atomic E-state index is 9.55. The molecule has 52 heavy (non-hydrogen) atoms. The molecule has 0 unspecified atom stereocenters. The van der Waals surface area contributed by atoms with Crippen molar-refractivity contribution in [2.75, 3.05) is 0 Å². The number of aromatic nitrogens is 2. The van der Waals surface area contributed by atoms with Crippen molar-refractivity contribution in [3.63, 3.8) is 0 Å². The van der Waals surface area contributed by atoms with Gasteiger partial charge in [0.2, 0.25) is 0 Å². The fraction of sp³-hybridized carbons (Fsp3) is 0.0408. The van der Waals surface area contributed by atoms with Gasteiger partial charge in [0.25, 0.3) is 0 Å². The molecule has 9 aromatic rings. The normalized spacial score (nSPS) is 12.9. The summed E-state index contributed by atoms with van der Waals surface area (Å²) in [5.74, 6) is 0. The SMILES string of the molecule is N#Cc1cccc(-n2c3ccccc3c3cc(-c4ccc(-c5ccc6c(c5)c5ccccc5n6-c5ccc(C6=CC=CCC6)cc5)cc4)ccc32)c1. The van der Waals surface area contributed by atoms with Crippen molar-refractivity contribution in [1.82, 2.24) is 9.13 Å². The zero-order chi connectivity index (χ0) is 34.6.